The van der Waals surface area contributed by atoms with Crippen LogP contribution in [0.2, 0.25) is 0 Å². The van der Waals surface area contributed by atoms with Gasteiger partial charge < -0.3 is 9.47 Å². The van der Waals surface area contributed by atoms with Crippen LogP contribution < -0.4 is 0 Å². The Morgan fingerprint density at radius 2 is 2.64 bits per heavy atom. The lowest BCUT2D eigenvalue weighted by molar-refractivity contribution is -0.150. The summed E-state index contributed by atoms with van der Waals surface area (Å²) in [6.45, 7) is 1.99. The number of thiocarbonyl (C=S) groups is 1. The number of nitrogens with zero attached hydrogens (tertiary/aromatic N) is 2. The maximum Gasteiger partial charge on any atom is 0.372 e. The van der Waals surface area contributed by atoms with Crippen molar-refractivity contribution in [2.45, 2.75) is 13.2 Å². The quantitative estimate of drug-likeness (QED) is 0.455. The number of carbonyl (C=O) groups excluding carboxylic acids is 1. The fourth-order valence-electron chi connectivity index (χ4n) is 0.551. The minimum absolute atomic E-state index is 0.0250. The van der Waals surface area contributed by atoms with E-state index in [2.05, 4.69) is 27.2 Å². The second kappa shape index (κ2) is 3.38. The molecule has 0 amide bonds. The van der Waals surface area contributed by atoms with Crippen molar-refractivity contribution in [3.63, 3.8) is 0 Å². The number of hydrogen-bond acceptors (Lipinski definition) is 5. The normalized spacial score (nSPS) is 21.5. The standard InChI is InChI=1S/C5H6N2O3S/c1-2-9-4(8)3-6-7-5(11)10-3/h3H,2H2,1H3. The van der Waals surface area contributed by atoms with Crippen LogP contribution in [0, 0.1) is 0 Å². The van der Waals surface area contributed by atoms with Crippen LogP contribution in [0.5, 0.6) is 0 Å². The Morgan fingerprint density at radius 3 is 3.09 bits per heavy atom. The largest absolute Gasteiger partial charge is 0.462 e. The molecule has 0 fully saturated rings. The predicted molar refractivity (Wildman–Crippen MR) is 39.0 cm³/mol. The zero-order valence-corrected chi connectivity index (χ0v) is 6.63. The fourth-order valence-corrected chi connectivity index (χ4v) is 0.689. The highest BCUT2D eigenvalue weighted by Crippen LogP contribution is 2.08. The highest BCUT2D eigenvalue weighted by Gasteiger charge is 2.26. The van der Waals surface area contributed by atoms with Crippen molar-refractivity contribution >= 4 is 23.4 Å². The molecule has 60 valence electrons. The van der Waals surface area contributed by atoms with Crippen LogP contribution in [0.3, 0.4) is 0 Å². The maximum atomic E-state index is 10.8. The summed E-state index contributed by atoms with van der Waals surface area (Å²) in [6, 6.07) is 0. The van der Waals surface area contributed by atoms with Gasteiger partial charge in [0.05, 0.1) is 6.61 Å². The molecule has 1 aliphatic heterocycles. The first-order chi connectivity index (χ1) is 5.24. The third-order valence-corrected chi connectivity index (χ3v) is 1.12. The molecule has 1 aliphatic rings. The number of rotatable bonds is 2. The van der Waals surface area contributed by atoms with Crippen LogP contribution in [0.4, 0.5) is 0 Å². The zero-order valence-electron chi connectivity index (χ0n) is 5.81. The SMILES string of the molecule is CCOC(=O)C1N=NC(=S)O1. The van der Waals surface area contributed by atoms with E-state index < -0.39 is 12.2 Å². The van der Waals surface area contributed by atoms with Gasteiger partial charge in [-0.1, -0.05) is 0 Å². The molecule has 0 N–H and O–H groups in total. The van der Waals surface area contributed by atoms with E-state index in [0.29, 0.717) is 6.61 Å². The van der Waals surface area contributed by atoms with Crippen molar-refractivity contribution in [2.75, 3.05) is 6.61 Å². The third kappa shape index (κ3) is 1.94. The van der Waals surface area contributed by atoms with Gasteiger partial charge >= 0.3 is 17.4 Å². The smallest absolute Gasteiger partial charge is 0.372 e. The van der Waals surface area contributed by atoms with E-state index in [9.17, 15) is 4.79 Å². The molecule has 1 rings (SSSR count). The monoisotopic (exact) mass is 174 g/mol. The van der Waals surface area contributed by atoms with Crippen molar-refractivity contribution in [3.8, 4) is 0 Å². The first-order valence-corrected chi connectivity index (χ1v) is 3.43. The summed E-state index contributed by atoms with van der Waals surface area (Å²) in [4.78, 5) is 10.8. The van der Waals surface area contributed by atoms with Gasteiger partial charge in [0.25, 0.3) is 0 Å². The van der Waals surface area contributed by atoms with E-state index >= 15 is 0 Å². The van der Waals surface area contributed by atoms with Crippen molar-refractivity contribution < 1.29 is 14.3 Å². The van der Waals surface area contributed by atoms with E-state index in [4.69, 9.17) is 4.74 Å². The van der Waals surface area contributed by atoms with E-state index in [-0.39, 0.29) is 5.17 Å². The lowest BCUT2D eigenvalue weighted by atomic mass is 10.6. The van der Waals surface area contributed by atoms with Gasteiger partial charge in [0.2, 0.25) is 0 Å². The Morgan fingerprint density at radius 1 is 1.91 bits per heavy atom. The molecule has 0 saturated carbocycles. The minimum atomic E-state index is -0.984. The molecule has 1 unspecified atom stereocenters. The Balaban J connectivity index is 2.44. The fraction of sp³-hybridized carbons (Fsp3) is 0.600. The number of esters is 1. The first kappa shape index (κ1) is 8.06. The summed E-state index contributed by atoms with van der Waals surface area (Å²) < 4.78 is 9.30. The molecule has 0 spiro atoms. The Bertz CT molecular complexity index is 216. The number of azo groups is 1. The maximum absolute atomic E-state index is 10.8. The van der Waals surface area contributed by atoms with Crippen molar-refractivity contribution in [3.05, 3.63) is 0 Å². The van der Waals surface area contributed by atoms with Crippen LogP contribution in [0.25, 0.3) is 0 Å². The van der Waals surface area contributed by atoms with E-state index in [0.717, 1.165) is 0 Å². The summed E-state index contributed by atoms with van der Waals surface area (Å²) in [5.74, 6) is -0.559. The van der Waals surface area contributed by atoms with E-state index in [1.54, 1.807) is 6.92 Å². The summed E-state index contributed by atoms with van der Waals surface area (Å²) >= 11 is 4.51. The van der Waals surface area contributed by atoms with Gasteiger partial charge in [-0.2, -0.15) is 0 Å². The topological polar surface area (TPSA) is 60.2 Å². The van der Waals surface area contributed by atoms with Gasteiger partial charge in [-0.3, -0.25) is 0 Å². The molecule has 0 aliphatic carbocycles. The summed E-state index contributed by atoms with van der Waals surface area (Å²) in [5.41, 5.74) is 0. The first-order valence-electron chi connectivity index (χ1n) is 3.02. The van der Waals surface area contributed by atoms with E-state index in [1.807, 2.05) is 0 Å². The van der Waals surface area contributed by atoms with Gasteiger partial charge in [0, 0.05) is 0 Å². The van der Waals surface area contributed by atoms with Gasteiger partial charge in [-0.05, 0) is 19.1 Å². The summed E-state index contributed by atoms with van der Waals surface area (Å²) in [5, 5.41) is 6.75. The summed E-state index contributed by atoms with van der Waals surface area (Å²) in [6.07, 6.45) is -0.984. The molecule has 0 bridgehead atoms. The molecule has 5 nitrogen and oxygen atoms in total. The Kier molecular flexibility index (Phi) is 2.48. The van der Waals surface area contributed by atoms with Crippen molar-refractivity contribution in [1.82, 2.24) is 0 Å². The molecule has 0 aromatic carbocycles. The minimum Gasteiger partial charge on any atom is -0.462 e. The molecule has 0 saturated heterocycles. The molecule has 0 aromatic heterocycles. The second-order valence-electron chi connectivity index (χ2n) is 1.70. The third-order valence-electron chi connectivity index (χ3n) is 0.945. The van der Waals surface area contributed by atoms with Crippen LogP contribution in [0.15, 0.2) is 10.2 Å². The van der Waals surface area contributed by atoms with Gasteiger partial charge in [-0.25, -0.2) is 4.79 Å². The van der Waals surface area contributed by atoms with Gasteiger partial charge in [0.15, 0.2) is 0 Å². The molecule has 11 heavy (non-hydrogen) atoms. The number of hydrogen-bond donors (Lipinski definition) is 0. The van der Waals surface area contributed by atoms with Crippen molar-refractivity contribution in [2.24, 2.45) is 10.2 Å². The molecule has 6 heteroatoms. The average Bonchev–Trinajstić information content (AvgIpc) is 2.36. The zero-order chi connectivity index (χ0) is 8.27. The Hall–Kier alpha value is -1.04. The second-order valence-corrected chi connectivity index (χ2v) is 2.05. The van der Waals surface area contributed by atoms with Crippen LogP contribution in [-0.2, 0) is 14.3 Å². The molecule has 0 aromatic rings. The molecule has 1 atom stereocenters. The highest BCUT2D eigenvalue weighted by molar-refractivity contribution is 7.80. The van der Waals surface area contributed by atoms with Crippen molar-refractivity contribution in [1.29, 1.82) is 0 Å². The number of carbonyl (C=O) groups is 1. The molecular formula is C5H6N2O3S. The molecule has 0 radical (unpaired) electrons. The molecule has 1 heterocycles. The van der Waals surface area contributed by atoms with Gasteiger partial charge in [-0.15, -0.1) is 10.2 Å². The Labute approximate surface area is 68.4 Å². The number of ether oxygens (including phenoxy) is 2. The average molecular weight is 174 g/mol. The summed E-state index contributed by atoms with van der Waals surface area (Å²) in [7, 11) is 0. The van der Waals surface area contributed by atoms with E-state index in [1.165, 1.54) is 0 Å². The van der Waals surface area contributed by atoms with Gasteiger partial charge in [0.1, 0.15) is 0 Å². The molecular weight excluding hydrogens is 168 g/mol. The lowest BCUT2D eigenvalue weighted by Gasteiger charge is -2.03. The lowest BCUT2D eigenvalue weighted by Crippen LogP contribution is -2.22. The highest BCUT2D eigenvalue weighted by atomic mass is 32.1. The van der Waals surface area contributed by atoms with Crippen LogP contribution >= 0.6 is 12.2 Å². The predicted octanol–water partition coefficient (Wildman–Crippen LogP) is 0.643. The van der Waals surface area contributed by atoms with Crippen LogP contribution in [0.1, 0.15) is 6.92 Å². The van der Waals surface area contributed by atoms with Crippen LogP contribution in [-0.4, -0.2) is 24.0 Å².